The number of piperidine rings is 1. The molecule has 160 valence electrons. The number of ether oxygens (including phenoxy) is 1. The van der Waals surface area contributed by atoms with Crippen molar-refractivity contribution < 1.29 is 26.3 Å². The van der Waals surface area contributed by atoms with E-state index >= 15 is 0 Å². The monoisotopic (exact) mass is 528 g/mol. The van der Waals surface area contributed by atoms with E-state index in [9.17, 15) is 21.6 Å². The van der Waals surface area contributed by atoms with E-state index in [0.29, 0.717) is 29.6 Å². The lowest BCUT2D eigenvalue weighted by Crippen LogP contribution is -2.47. The van der Waals surface area contributed by atoms with Crippen molar-refractivity contribution in [1.29, 1.82) is 0 Å². The van der Waals surface area contributed by atoms with Crippen LogP contribution in [-0.4, -0.2) is 82.6 Å². The van der Waals surface area contributed by atoms with E-state index in [1.54, 1.807) is 7.05 Å². The fourth-order valence-electron chi connectivity index (χ4n) is 3.32. The number of hydrogen-bond acceptors (Lipinski definition) is 4. The van der Waals surface area contributed by atoms with Gasteiger partial charge in [0.2, 0.25) is 0 Å². The number of aliphatic imine (C=N–C) groups is 1. The Bertz CT molecular complexity index is 590. The van der Waals surface area contributed by atoms with E-state index in [2.05, 4.69) is 10.3 Å². The second-order valence-corrected chi connectivity index (χ2v) is 8.76. The quantitative estimate of drug-likeness (QED) is 0.334. The van der Waals surface area contributed by atoms with Crippen molar-refractivity contribution in [3.05, 3.63) is 0 Å². The highest BCUT2D eigenvalue weighted by atomic mass is 127. The fraction of sp³-hybridized carbons (Fsp3) is 0.933. The normalized spacial score (nSPS) is 23.1. The predicted molar refractivity (Wildman–Crippen MR) is 108 cm³/mol. The number of nitrogens with one attached hydrogen (secondary N) is 1. The van der Waals surface area contributed by atoms with Gasteiger partial charge in [0.05, 0.1) is 6.61 Å². The first-order valence-corrected chi connectivity index (χ1v) is 10.1. The summed E-state index contributed by atoms with van der Waals surface area (Å²) in [5.74, 6) is 1.30. The first-order chi connectivity index (χ1) is 12.1. The van der Waals surface area contributed by atoms with Crippen molar-refractivity contribution in [3.8, 4) is 0 Å². The van der Waals surface area contributed by atoms with Gasteiger partial charge in [0.1, 0.15) is 0 Å². The summed E-state index contributed by atoms with van der Waals surface area (Å²) >= 11 is 0. The highest BCUT2D eigenvalue weighted by molar-refractivity contribution is 14.0. The van der Waals surface area contributed by atoms with Crippen molar-refractivity contribution in [2.45, 2.75) is 24.8 Å². The van der Waals surface area contributed by atoms with E-state index < -0.39 is 15.5 Å². The maximum Gasteiger partial charge on any atom is 0.511 e. The van der Waals surface area contributed by atoms with Crippen molar-refractivity contribution >= 4 is 40.0 Å². The predicted octanol–water partition coefficient (Wildman–Crippen LogP) is 1.71. The molecule has 0 aromatic carbocycles. The van der Waals surface area contributed by atoms with Gasteiger partial charge in [-0.1, -0.05) is 0 Å². The first kappa shape index (κ1) is 24.7. The van der Waals surface area contributed by atoms with Crippen molar-refractivity contribution in [2.24, 2.45) is 16.8 Å². The van der Waals surface area contributed by atoms with Crippen LogP contribution >= 0.6 is 24.0 Å². The van der Waals surface area contributed by atoms with Gasteiger partial charge in [-0.15, -0.1) is 24.0 Å². The SMILES string of the molecule is CN=C(NCC1CCN(S(=O)(=O)C(F)(F)F)CC1)N(C)CC1CCOC1.I. The summed E-state index contributed by atoms with van der Waals surface area (Å²) in [6.45, 7) is 2.68. The number of hydrogen-bond donors (Lipinski definition) is 1. The second kappa shape index (κ2) is 10.4. The smallest absolute Gasteiger partial charge is 0.381 e. The number of sulfonamides is 1. The van der Waals surface area contributed by atoms with Crippen LogP contribution < -0.4 is 5.32 Å². The lowest BCUT2D eigenvalue weighted by Gasteiger charge is -2.32. The van der Waals surface area contributed by atoms with Crippen LogP contribution in [0.15, 0.2) is 4.99 Å². The van der Waals surface area contributed by atoms with Crippen molar-refractivity contribution in [3.63, 3.8) is 0 Å². The molecule has 2 heterocycles. The molecule has 0 aliphatic carbocycles. The molecule has 0 radical (unpaired) electrons. The molecule has 2 aliphatic rings. The Morgan fingerprint density at radius 1 is 1.26 bits per heavy atom. The third kappa shape index (κ3) is 6.60. The lowest BCUT2D eigenvalue weighted by molar-refractivity contribution is -0.0496. The number of alkyl halides is 3. The molecule has 1 atom stereocenters. The summed E-state index contributed by atoms with van der Waals surface area (Å²) in [4.78, 5) is 6.25. The molecule has 2 saturated heterocycles. The van der Waals surface area contributed by atoms with Gasteiger partial charge < -0.3 is 15.0 Å². The Morgan fingerprint density at radius 3 is 2.37 bits per heavy atom. The van der Waals surface area contributed by atoms with Crippen LogP contribution in [0, 0.1) is 11.8 Å². The van der Waals surface area contributed by atoms with E-state index in [4.69, 9.17) is 4.74 Å². The molecule has 1 unspecified atom stereocenters. The number of halogens is 4. The average molecular weight is 528 g/mol. The van der Waals surface area contributed by atoms with E-state index in [-0.39, 0.29) is 43.0 Å². The van der Waals surface area contributed by atoms with Crippen molar-refractivity contribution in [1.82, 2.24) is 14.5 Å². The van der Waals surface area contributed by atoms with E-state index in [1.807, 2.05) is 11.9 Å². The molecule has 12 heteroatoms. The average Bonchev–Trinajstić information content (AvgIpc) is 3.07. The minimum atomic E-state index is -5.23. The van der Waals surface area contributed by atoms with Crippen LogP contribution in [0.1, 0.15) is 19.3 Å². The highest BCUT2D eigenvalue weighted by Gasteiger charge is 2.50. The molecule has 1 N–H and O–H groups in total. The van der Waals surface area contributed by atoms with Crippen molar-refractivity contribution in [2.75, 3.05) is 53.5 Å². The number of guanidine groups is 1. The van der Waals surface area contributed by atoms with Crippen LogP contribution in [0.5, 0.6) is 0 Å². The van der Waals surface area contributed by atoms with Crippen LogP contribution in [0.3, 0.4) is 0 Å². The summed E-state index contributed by atoms with van der Waals surface area (Å²) in [7, 11) is -1.60. The Kier molecular flexibility index (Phi) is 9.55. The summed E-state index contributed by atoms with van der Waals surface area (Å²) in [6, 6.07) is 0. The minimum absolute atomic E-state index is 0. The Balaban J connectivity index is 0.00000364. The molecular formula is C15H28F3IN4O3S. The molecule has 2 fully saturated rings. The fourth-order valence-corrected chi connectivity index (χ4v) is 4.31. The third-order valence-electron chi connectivity index (χ3n) is 4.88. The van der Waals surface area contributed by atoms with E-state index in [1.165, 1.54) is 0 Å². The molecule has 2 rings (SSSR count). The van der Waals surface area contributed by atoms with Crippen LogP contribution in [0.2, 0.25) is 0 Å². The van der Waals surface area contributed by atoms with Gasteiger partial charge in [0, 0.05) is 52.8 Å². The minimum Gasteiger partial charge on any atom is -0.381 e. The van der Waals surface area contributed by atoms with Crippen LogP contribution in [0.25, 0.3) is 0 Å². The zero-order chi connectivity index (χ0) is 19.4. The van der Waals surface area contributed by atoms with Gasteiger partial charge in [-0.2, -0.15) is 17.5 Å². The van der Waals surface area contributed by atoms with Gasteiger partial charge in [0.25, 0.3) is 0 Å². The Morgan fingerprint density at radius 2 is 1.89 bits per heavy atom. The molecule has 0 amide bonds. The molecule has 0 spiro atoms. The first-order valence-electron chi connectivity index (χ1n) is 8.71. The van der Waals surface area contributed by atoms with Gasteiger partial charge in [-0.25, -0.2) is 8.42 Å². The Hall–Kier alpha value is -0.340. The van der Waals surface area contributed by atoms with Gasteiger partial charge in [0.15, 0.2) is 5.96 Å². The standard InChI is InChI=1S/C15H27F3N4O3S.HI/c1-19-14(21(2)10-13-5-8-25-11-13)20-9-12-3-6-22(7-4-12)26(23,24)15(16,17)18;/h12-13H,3-11H2,1-2H3,(H,19,20);1H. The van der Waals surface area contributed by atoms with Gasteiger partial charge in [-0.3, -0.25) is 4.99 Å². The Labute approximate surface area is 175 Å². The van der Waals surface area contributed by atoms with E-state index in [0.717, 1.165) is 32.1 Å². The largest absolute Gasteiger partial charge is 0.511 e. The molecule has 0 aromatic heterocycles. The summed E-state index contributed by atoms with van der Waals surface area (Å²) < 4.78 is 66.6. The topological polar surface area (TPSA) is 74.2 Å². The molecule has 2 aliphatic heterocycles. The summed E-state index contributed by atoms with van der Waals surface area (Å²) in [5, 5.41) is 3.24. The van der Waals surface area contributed by atoms with Gasteiger partial charge in [-0.05, 0) is 25.2 Å². The molecular weight excluding hydrogens is 500 g/mol. The number of rotatable bonds is 5. The summed E-state index contributed by atoms with van der Waals surface area (Å²) in [6.07, 6.45) is 1.80. The van der Waals surface area contributed by atoms with Crippen LogP contribution in [-0.2, 0) is 14.8 Å². The zero-order valence-corrected chi connectivity index (χ0v) is 18.7. The maximum absolute atomic E-state index is 12.6. The maximum atomic E-state index is 12.6. The molecule has 7 nitrogen and oxygen atoms in total. The zero-order valence-electron chi connectivity index (χ0n) is 15.5. The number of nitrogens with zero attached hydrogens (tertiary/aromatic N) is 3. The molecule has 0 saturated carbocycles. The molecule has 0 aromatic rings. The second-order valence-electron chi connectivity index (χ2n) is 6.83. The van der Waals surface area contributed by atoms with Gasteiger partial charge >= 0.3 is 15.5 Å². The lowest BCUT2D eigenvalue weighted by atomic mass is 9.98. The molecule has 0 bridgehead atoms. The highest BCUT2D eigenvalue weighted by Crippen LogP contribution is 2.30. The molecule has 27 heavy (non-hydrogen) atoms. The summed E-state index contributed by atoms with van der Waals surface area (Å²) in [5.41, 5.74) is -5.23. The third-order valence-corrected chi connectivity index (χ3v) is 6.51. The van der Waals surface area contributed by atoms with Crippen LogP contribution in [0.4, 0.5) is 13.2 Å².